The first-order valence-corrected chi connectivity index (χ1v) is 9.19. The maximum atomic E-state index is 13.0. The van der Waals surface area contributed by atoms with Gasteiger partial charge in [0.05, 0.1) is 6.61 Å². The number of anilines is 1. The number of urea groups is 1. The molecule has 1 aliphatic rings. The lowest BCUT2D eigenvalue weighted by Crippen LogP contribution is -2.49. The van der Waals surface area contributed by atoms with Crippen LogP contribution < -0.4 is 10.2 Å². The topological polar surface area (TPSA) is 72.9 Å². The Bertz CT molecular complexity index is 822. The number of rotatable bonds is 6. The van der Waals surface area contributed by atoms with E-state index >= 15 is 0 Å². The van der Waals surface area contributed by atoms with Crippen molar-refractivity contribution in [3.05, 3.63) is 65.2 Å². The van der Waals surface area contributed by atoms with Gasteiger partial charge in [-0.2, -0.15) is 0 Å². The molecule has 6 heteroatoms. The molecular formula is C21H25N3O3. The molecule has 2 aromatic carbocycles. The number of amides is 3. The molecule has 0 unspecified atom stereocenters. The Morgan fingerprint density at radius 1 is 1.15 bits per heavy atom. The quantitative estimate of drug-likeness (QED) is 0.824. The van der Waals surface area contributed by atoms with Gasteiger partial charge in [-0.3, -0.25) is 9.69 Å². The summed E-state index contributed by atoms with van der Waals surface area (Å²) in [4.78, 5) is 28.7. The minimum atomic E-state index is -0.257. The van der Waals surface area contributed by atoms with Crippen LogP contribution in [0.4, 0.5) is 10.5 Å². The molecule has 1 fully saturated rings. The van der Waals surface area contributed by atoms with Crippen molar-refractivity contribution in [3.63, 3.8) is 0 Å². The van der Waals surface area contributed by atoms with Gasteiger partial charge >= 0.3 is 6.03 Å². The van der Waals surface area contributed by atoms with Crippen LogP contribution in [0, 0.1) is 6.92 Å². The number of carbonyl (C=O) groups excluding carboxylic acids is 2. The smallest absolute Gasteiger partial charge is 0.324 e. The highest BCUT2D eigenvalue weighted by molar-refractivity contribution is 5.98. The van der Waals surface area contributed by atoms with Gasteiger partial charge in [0.25, 0.3) is 5.91 Å². The third-order valence-electron chi connectivity index (χ3n) is 4.58. The van der Waals surface area contributed by atoms with Crippen LogP contribution in [0.5, 0.6) is 0 Å². The largest absolute Gasteiger partial charge is 0.395 e. The van der Waals surface area contributed by atoms with Crippen molar-refractivity contribution in [3.8, 4) is 0 Å². The number of hydrogen-bond acceptors (Lipinski definition) is 3. The number of aliphatic hydroxyl groups excluding tert-OH is 1. The van der Waals surface area contributed by atoms with E-state index in [0.717, 1.165) is 18.5 Å². The molecule has 142 valence electrons. The van der Waals surface area contributed by atoms with Gasteiger partial charge in [0.1, 0.15) is 0 Å². The van der Waals surface area contributed by atoms with Gasteiger partial charge in [0.2, 0.25) is 0 Å². The minimum Gasteiger partial charge on any atom is -0.395 e. The van der Waals surface area contributed by atoms with Gasteiger partial charge in [-0.05, 0) is 37.1 Å². The van der Waals surface area contributed by atoms with Crippen molar-refractivity contribution in [2.75, 3.05) is 31.1 Å². The summed E-state index contributed by atoms with van der Waals surface area (Å²) in [6.07, 6.45) is 0.874. The highest BCUT2D eigenvalue weighted by Gasteiger charge is 2.27. The number of nitrogens with one attached hydrogen (secondary N) is 1. The van der Waals surface area contributed by atoms with Gasteiger partial charge in [-0.25, -0.2) is 4.79 Å². The molecule has 3 rings (SSSR count). The fraction of sp³-hybridized carbons (Fsp3) is 0.333. The van der Waals surface area contributed by atoms with Gasteiger partial charge in [-0.1, -0.05) is 35.9 Å². The summed E-state index contributed by atoms with van der Waals surface area (Å²) in [6.45, 7) is 4.07. The molecule has 27 heavy (non-hydrogen) atoms. The second-order valence-electron chi connectivity index (χ2n) is 6.73. The molecule has 2 aromatic rings. The zero-order valence-corrected chi connectivity index (χ0v) is 15.5. The normalized spacial score (nSPS) is 14.4. The molecule has 0 atom stereocenters. The van der Waals surface area contributed by atoms with Crippen LogP contribution in [0.25, 0.3) is 0 Å². The standard InChI is InChI=1S/C21H25N3O3/c1-16-5-2-6-17(13-16)15-23-10-4-11-24(21(23)27)19-8-3-7-18(14-19)20(26)22-9-12-25/h2-3,5-8,13-14,25H,4,9-12,15H2,1H3,(H,22,26). The maximum absolute atomic E-state index is 13.0. The molecule has 1 saturated heterocycles. The van der Waals surface area contributed by atoms with Gasteiger partial charge < -0.3 is 15.3 Å². The molecular weight excluding hydrogens is 342 g/mol. The van der Waals surface area contributed by atoms with Gasteiger partial charge in [0, 0.05) is 37.4 Å². The highest BCUT2D eigenvalue weighted by atomic mass is 16.3. The van der Waals surface area contributed by atoms with Crippen molar-refractivity contribution < 1.29 is 14.7 Å². The van der Waals surface area contributed by atoms with E-state index in [4.69, 9.17) is 5.11 Å². The fourth-order valence-electron chi connectivity index (χ4n) is 3.29. The predicted octanol–water partition coefficient (Wildman–Crippen LogP) is 2.55. The SMILES string of the molecule is Cc1cccc(CN2CCCN(c3cccc(C(=O)NCCO)c3)C2=O)c1. The van der Waals surface area contributed by atoms with Crippen molar-refractivity contribution in [1.29, 1.82) is 0 Å². The Kier molecular flexibility index (Phi) is 6.08. The minimum absolute atomic E-state index is 0.0457. The van der Waals surface area contributed by atoms with Crippen molar-refractivity contribution in [2.24, 2.45) is 0 Å². The van der Waals surface area contributed by atoms with E-state index in [-0.39, 0.29) is 25.1 Å². The zero-order chi connectivity index (χ0) is 19.2. The van der Waals surface area contributed by atoms with E-state index in [2.05, 4.69) is 11.4 Å². The molecule has 1 heterocycles. The van der Waals surface area contributed by atoms with E-state index in [1.807, 2.05) is 36.1 Å². The Balaban J connectivity index is 1.74. The molecule has 3 amide bonds. The maximum Gasteiger partial charge on any atom is 0.324 e. The molecule has 0 spiro atoms. The van der Waals surface area contributed by atoms with Crippen LogP contribution in [0.15, 0.2) is 48.5 Å². The summed E-state index contributed by atoms with van der Waals surface area (Å²) >= 11 is 0. The number of aliphatic hydroxyl groups is 1. The molecule has 0 aliphatic carbocycles. The lowest BCUT2D eigenvalue weighted by molar-refractivity contribution is 0.0944. The summed E-state index contributed by atoms with van der Waals surface area (Å²) in [6, 6.07) is 15.2. The third-order valence-corrected chi connectivity index (χ3v) is 4.58. The van der Waals surface area contributed by atoms with Crippen molar-refractivity contribution in [2.45, 2.75) is 19.9 Å². The number of hydrogen-bond donors (Lipinski definition) is 2. The Hall–Kier alpha value is -2.86. The molecule has 2 N–H and O–H groups in total. The van der Waals surface area contributed by atoms with Crippen LogP contribution in [0.1, 0.15) is 27.9 Å². The number of aryl methyl sites for hydroxylation is 1. The van der Waals surface area contributed by atoms with Gasteiger partial charge in [0.15, 0.2) is 0 Å². The summed E-state index contributed by atoms with van der Waals surface area (Å²) in [5.74, 6) is -0.257. The second-order valence-corrected chi connectivity index (χ2v) is 6.73. The molecule has 0 radical (unpaired) electrons. The average Bonchev–Trinajstić information content (AvgIpc) is 2.68. The van der Waals surface area contributed by atoms with Crippen LogP contribution in [0.3, 0.4) is 0 Å². The summed E-state index contributed by atoms with van der Waals surface area (Å²) in [5.41, 5.74) is 3.48. The fourth-order valence-corrected chi connectivity index (χ4v) is 3.29. The first kappa shape index (κ1) is 18.9. The Morgan fingerprint density at radius 3 is 2.74 bits per heavy atom. The van der Waals surface area contributed by atoms with E-state index < -0.39 is 0 Å². The number of nitrogens with zero attached hydrogens (tertiary/aromatic N) is 2. The second kappa shape index (κ2) is 8.68. The van der Waals surface area contributed by atoms with Crippen LogP contribution >= 0.6 is 0 Å². The Labute approximate surface area is 159 Å². The lowest BCUT2D eigenvalue weighted by Gasteiger charge is -2.36. The monoisotopic (exact) mass is 367 g/mol. The first-order valence-electron chi connectivity index (χ1n) is 9.19. The first-order chi connectivity index (χ1) is 13.1. The molecule has 0 saturated carbocycles. The van der Waals surface area contributed by atoms with Crippen molar-refractivity contribution in [1.82, 2.24) is 10.2 Å². The van der Waals surface area contributed by atoms with Crippen LogP contribution in [-0.4, -0.2) is 48.2 Å². The lowest BCUT2D eigenvalue weighted by atomic mass is 10.1. The van der Waals surface area contributed by atoms with E-state index in [0.29, 0.717) is 24.3 Å². The summed E-state index contributed by atoms with van der Waals surface area (Å²) in [5, 5.41) is 11.5. The molecule has 1 aliphatic heterocycles. The molecule has 0 bridgehead atoms. The third kappa shape index (κ3) is 4.65. The summed E-state index contributed by atoms with van der Waals surface area (Å²) in [7, 11) is 0. The van der Waals surface area contributed by atoms with E-state index in [9.17, 15) is 9.59 Å². The number of benzene rings is 2. The number of carbonyl (C=O) groups is 2. The highest BCUT2D eigenvalue weighted by Crippen LogP contribution is 2.23. The molecule has 6 nitrogen and oxygen atoms in total. The average molecular weight is 367 g/mol. The van der Waals surface area contributed by atoms with E-state index in [1.165, 1.54) is 5.56 Å². The predicted molar refractivity (Wildman–Crippen MR) is 105 cm³/mol. The van der Waals surface area contributed by atoms with E-state index in [1.54, 1.807) is 23.1 Å². The van der Waals surface area contributed by atoms with Gasteiger partial charge in [-0.15, -0.1) is 0 Å². The summed E-state index contributed by atoms with van der Waals surface area (Å²) < 4.78 is 0. The Morgan fingerprint density at radius 2 is 1.96 bits per heavy atom. The van der Waals surface area contributed by atoms with Crippen LogP contribution in [0.2, 0.25) is 0 Å². The zero-order valence-electron chi connectivity index (χ0n) is 15.5. The van der Waals surface area contributed by atoms with Crippen LogP contribution in [-0.2, 0) is 6.54 Å². The molecule has 0 aromatic heterocycles. The van der Waals surface area contributed by atoms with Crippen molar-refractivity contribution >= 4 is 17.6 Å².